The fourth-order valence-electron chi connectivity index (χ4n) is 2.69. The van der Waals surface area contributed by atoms with Crippen molar-refractivity contribution in [3.8, 4) is 0 Å². The predicted octanol–water partition coefficient (Wildman–Crippen LogP) is 1.15. The molecule has 0 radical (unpaired) electrons. The Kier molecular flexibility index (Phi) is 3.17. The van der Waals surface area contributed by atoms with E-state index in [9.17, 15) is 14.7 Å². The van der Waals surface area contributed by atoms with Crippen molar-refractivity contribution in [2.45, 2.75) is 12.0 Å². The van der Waals surface area contributed by atoms with E-state index in [-0.39, 0.29) is 18.9 Å². The smallest absolute Gasteiger partial charge is 0.331 e. The lowest BCUT2D eigenvalue weighted by atomic mass is 9.98. The number of rotatable bonds is 3. The minimum absolute atomic E-state index is 0.00115. The maximum atomic E-state index is 12.5. The number of carbonyl (C=O) groups excluding carboxylic acids is 1. The summed E-state index contributed by atoms with van der Waals surface area (Å²) in [5.41, 5.74) is 0.0731. The molecule has 1 amide bonds. The molecule has 1 saturated heterocycles. The standard InChI is InChI=1S/C15H16N2O4/c1-17-8-11(10-4-2-3-5-12(10)17)13(18)16-15(14(19)20)6-7-21-9-15/h2-5,8H,6-7,9H2,1H3,(H,16,18)(H,19,20). The number of fused-ring (bicyclic) bond motifs is 1. The van der Waals surface area contributed by atoms with Gasteiger partial charge in [0.15, 0.2) is 5.54 Å². The predicted molar refractivity (Wildman–Crippen MR) is 76.2 cm³/mol. The molecule has 0 bridgehead atoms. The van der Waals surface area contributed by atoms with Crippen LogP contribution >= 0.6 is 0 Å². The summed E-state index contributed by atoms with van der Waals surface area (Å²) in [6.07, 6.45) is 1.99. The minimum atomic E-state index is -1.33. The van der Waals surface area contributed by atoms with Crippen LogP contribution in [0.4, 0.5) is 0 Å². The first-order valence-corrected chi connectivity index (χ1v) is 6.71. The summed E-state index contributed by atoms with van der Waals surface area (Å²) in [5, 5.41) is 12.8. The zero-order chi connectivity index (χ0) is 15.0. The summed E-state index contributed by atoms with van der Waals surface area (Å²) >= 11 is 0. The Hall–Kier alpha value is -2.34. The molecule has 1 unspecified atom stereocenters. The van der Waals surface area contributed by atoms with Gasteiger partial charge in [-0.2, -0.15) is 0 Å². The Morgan fingerprint density at radius 1 is 1.38 bits per heavy atom. The van der Waals surface area contributed by atoms with Gasteiger partial charge in [0.25, 0.3) is 5.91 Å². The largest absolute Gasteiger partial charge is 0.479 e. The average molecular weight is 288 g/mol. The molecule has 2 heterocycles. The molecular weight excluding hydrogens is 272 g/mol. The highest BCUT2D eigenvalue weighted by Gasteiger charge is 2.44. The number of amides is 1. The molecule has 1 aliphatic rings. The van der Waals surface area contributed by atoms with Gasteiger partial charge in [0.1, 0.15) is 0 Å². The third-order valence-electron chi connectivity index (χ3n) is 3.93. The molecule has 0 aliphatic carbocycles. The van der Waals surface area contributed by atoms with Gasteiger partial charge in [-0.3, -0.25) is 4.79 Å². The van der Waals surface area contributed by atoms with Gasteiger partial charge in [-0.1, -0.05) is 18.2 Å². The zero-order valence-electron chi connectivity index (χ0n) is 11.6. The van der Waals surface area contributed by atoms with Crippen LogP contribution in [0, 0.1) is 0 Å². The highest BCUT2D eigenvalue weighted by atomic mass is 16.5. The number of aryl methyl sites for hydroxylation is 1. The van der Waals surface area contributed by atoms with Crippen LogP contribution in [0.15, 0.2) is 30.5 Å². The molecule has 3 rings (SSSR count). The van der Waals surface area contributed by atoms with Gasteiger partial charge >= 0.3 is 5.97 Å². The molecule has 6 heteroatoms. The zero-order valence-corrected chi connectivity index (χ0v) is 11.6. The molecule has 6 nitrogen and oxygen atoms in total. The topological polar surface area (TPSA) is 80.6 Å². The van der Waals surface area contributed by atoms with Crippen molar-refractivity contribution >= 4 is 22.8 Å². The van der Waals surface area contributed by atoms with Crippen molar-refractivity contribution in [3.05, 3.63) is 36.0 Å². The number of carboxylic acid groups (broad SMARTS) is 1. The number of nitrogens with zero attached hydrogens (tertiary/aromatic N) is 1. The molecular formula is C15H16N2O4. The van der Waals surface area contributed by atoms with E-state index < -0.39 is 11.5 Å². The van der Waals surface area contributed by atoms with Crippen LogP contribution in [-0.2, 0) is 16.6 Å². The van der Waals surface area contributed by atoms with Crippen LogP contribution < -0.4 is 5.32 Å². The maximum Gasteiger partial charge on any atom is 0.331 e. The fraction of sp³-hybridized carbons (Fsp3) is 0.333. The highest BCUT2D eigenvalue weighted by Crippen LogP contribution is 2.23. The number of benzene rings is 1. The first-order chi connectivity index (χ1) is 10.0. The quantitative estimate of drug-likeness (QED) is 0.888. The molecule has 0 spiro atoms. The van der Waals surface area contributed by atoms with Crippen molar-refractivity contribution in [2.24, 2.45) is 7.05 Å². The van der Waals surface area contributed by atoms with Gasteiger partial charge in [0, 0.05) is 37.2 Å². The third-order valence-corrected chi connectivity index (χ3v) is 3.93. The first kappa shape index (κ1) is 13.6. The Bertz CT molecular complexity index is 714. The number of hydrogen-bond donors (Lipinski definition) is 2. The number of ether oxygens (including phenoxy) is 1. The number of carboxylic acids is 1. The van der Waals surface area contributed by atoms with E-state index in [1.807, 2.05) is 35.9 Å². The minimum Gasteiger partial charge on any atom is -0.479 e. The number of para-hydroxylation sites is 1. The van der Waals surface area contributed by atoms with Crippen molar-refractivity contribution in [3.63, 3.8) is 0 Å². The van der Waals surface area contributed by atoms with E-state index in [1.54, 1.807) is 6.20 Å². The number of aromatic nitrogens is 1. The molecule has 21 heavy (non-hydrogen) atoms. The molecule has 110 valence electrons. The lowest BCUT2D eigenvalue weighted by Crippen LogP contribution is -2.55. The van der Waals surface area contributed by atoms with Gasteiger partial charge in [-0.25, -0.2) is 4.79 Å². The van der Waals surface area contributed by atoms with Crippen molar-refractivity contribution < 1.29 is 19.4 Å². The second-order valence-electron chi connectivity index (χ2n) is 5.31. The second kappa shape index (κ2) is 4.89. The van der Waals surface area contributed by atoms with Crippen LogP contribution in [0.25, 0.3) is 10.9 Å². The van der Waals surface area contributed by atoms with Gasteiger partial charge in [0.05, 0.1) is 12.2 Å². The third kappa shape index (κ3) is 2.17. The van der Waals surface area contributed by atoms with E-state index in [0.29, 0.717) is 12.2 Å². The molecule has 1 aliphatic heterocycles. The van der Waals surface area contributed by atoms with E-state index in [2.05, 4.69) is 5.32 Å². The van der Waals surface area contributed by atoms with E-state index >= 15 is 0 Å². The van der Waals surface area contributed by atoms with Gasteiger partial charge < -0.3 is 19.7 Å². The number of aliphatic carboxylic acids is 1. The molecule has 2 aromatic rings. The second-order valence-corrected chi connectivity index (χ2v) is 5.31. The number of hydrogen-bond acceptors (Lipinski definition) is 3. The van der Waals surface area contributed by atoms with Crippen LogP contribution in [0.5, 0.6) is 0 Å². The molecule has 1 fully saturated rings. The highest BCUT2D eigenvalue weighted by molar-refractivity contribution is 6.08. The SMILES string of the molecule is Cn1cc(C(=O)NC2(C(=O)O)CCOC2)c2ccccc21. The Labute approximate surface area is 121 Å². The van der Waals surface area contributed by atoms with Crippen molar-refractivity contribution in [2.75, 3.05) is 13.2 Å². The average Bonchev–Trinajstić information content (AvgIpc) is 3.06. The molecule has 1 aromatic heterocycles. The monoisotopic (exact) mass is 288 g/mol. The Morgan fingerprint density at radius 3 is 2.81 bits per heavy atom. The number of carbonyl (C=O) groups is 2. The van der Waals surface area contributed by atoms with Gasteiger partial charge in [-0.05, 0) is 6.07 Å². The van der Waals surface area contributed by atoms with Crippen LogP contribution in [-0.4, -0.2) is 40.3 Å². The van der Waals surface area contributed by atoms with Gasteiger partial charge in [-0.15, -0.1) is 0 Å². The summed E-state index contributed by atoms with van der Waals surface area (Å²) in [5.74, 6) is -1.45. The summed E-state index contributed by atoms with van der Waals surface area (Å²) in [4.78, 5) is 24.0. The molecule has 1 atom stereocenters. The molecule has 1 aromatic carbocycles. The maximum absolute atomic E-state index is 12.5. The summed E-state index contributed by atoms with van der Waals surface area (Å²) in [7, 11) is 1.85. The molecule has 0 saturated carbocycles. The normalized spacial score (nSPS) is 21.6. The van der Waals surface area contributed by atoms with Crippen LogP contribution in [0.1, 0.15) is 16.8 Å². The summed E-state index contributed by atoms with van der Waals surface area (Å²) < 4.78 is 7.00. The van der Waals surface area contributed by atoms with Crippen LogP contribution in [0.3, 0.4) is 0 Å². The lowest BCUT2D eigenvalue weighted by molar-refractivity contribution is -0.144. The molecule has 2 N–H and O–H groups in total. The summed E-state index contributed by atoms with van der Waals surface area (Å²) in [6.45, 7) is 0.334. The van der Waals surface area contributed by atoms with Crippen LogP contribution in [0.2, 0.25) is 0 Å². The van der Waals surface area contributed by atoms with E-state index in [1.165, 1.54) is 0 Å². The van der Waals surface area contributed by atoms with E-state index in [4.69, 9.17) is 4.74 Å². The lowest BCUT2D eigenvalue weighted by Gasteiger charge is -2.23. The Balaban J connectivity index is 1.96. The van der Waals surface area contributed by atoms with Crippen molar-refractivity contribution in [1.29, 1.82) is 0 Å². The summed E-state index contributed by atoms with van der Waals surface area (Å²) in [6, 6.07) is 7.51. The first-order valence-electron chi connectivity index (χ1n) is 6.71. The fourth-order valence-corrected chi connectivity index (χ4v) is 2.69. The van der Waals surface area contributed by atoms with Crippen molar-refractivity contribution in [1.82, 2.24) is 9.88 Å². The Morgan fingerprint density at radius 2 is 2.14 bits per heavy atom. The number of nitrogens with one attached hydrogen (secondary N) is 1. The van der Waals surface area contributed by atoms with Gasteiger partial charge in [0.2, 0.25) is 0 Å². The van der Waals surface area contributed by atoms with E-state index in [0.717, 1.165) is 10.9 Å².